The van der Waals surface area contributed by atoms with Gasteiger partial charge in [0.25, 0.3) is 0 Å². The maximum absolute atomic E-state index is 10.7. The summed E-state index contributed by atoms with van der Waals surface area (Å²) in [4.78, 5) is 20.8. The highest BCUT2D eigenvalue weighted by atomic mass is 28.3. The first kappa shape index (κ1) is 12.7. The highest BCUT2D eigenvalue weighted by molar-refractivity contribution is 6.83. The molecule has 0 aromatic heterocycles. The number of esters is 1. The Hall–Kier alpha value is -1.28. The van der Waals surface area contributed by atoms with Crippen LogP contribution in [-0.2, 0) is 14.3 Å². The van der Waals surface area contributed by atoms with E-state index in [1.54, 1.807) is 0 Å². The van der Waals surface area contributed by atoms with Crippen LogP contribution in [0.2, 0.25) is 19.6 Å². The lowest BCUT2D eigenvalue weighted by molar-refractivity contribution is -0.150. The summed E-state index contributed by atoms with van der Waals surface area (Å²) in [5, 5.41) is 8.24. The van der Waals surface area contributed by atoms with Crippen molar-refractivity contribution < 1.29 is 19.4 Å². The molecule has 0 unspecified atom stereocenters. The molecule has 78 valence electrons. The van der Waals surface area contributed by atoms with Crippen LogP contribution >= 0.6 is 0 Å². The molecule has 0 aliphatic heterocycles. The van der Waals surface area contributed by atoms with Crippen LogP contribution < -0.4 is 0 Å². The lowest BCUT2D eigenvalue weighted by Crippen LogP contribution is -2.17. The predicted molar refractivity (Wildman–Crippen MR) is 54.3 cm³/mol. The number of carbonyl (C=O) groups is 2. The molecule has 0 rings (SSSR count). The van der Waals surface area contributed by atoms with Crippen molar-refractivity contribution in [3.63, 3.8) is 0 Å². The quantitative estimate of drug-likeness (QED) is 0.328. The maximum atomic E-state index is 10.7. The highest BCUT2D eigenvalue weighted by Crippen LogP contribution is 1.96. The molecule has 4 nitrogen and oxygen atoms in total. The van der Waals surface area contributed by atoms with Crippen LogP contribution in [0.25, 0.3) is 0 Å². The van der Waals surface area contributed by atoms with E-state index in [9.17, 15) is 9.59 Å². The summed E-state index contributed by atoms with van der Waals surface area (Å²) in [6, 6.07) is 0. The molecule has 1 N–H and O–H groups in total. The predicted octanol–water partition coefficient (Wildman–Crippen LogP) is 0.885. The summed E-state index contributed by atoms with van der Waals surface area (Å²) in [5.41, 5.74) is 2.99. The van der Waals surface area contributed by atoms with Crippen LogP contribution in [0, 0.1) is 11.5 Å². The van der Waals surface area contributed by atoms with Gasteiger partial charge in [0.15, 0.2) is 6.61 Å². The number of carboxylic acids is 1. The Morgan fingerprint density at radius 1 is 1.36 bits per heavy atom. The fraction of sp³-hybridized carbons (Fsp3) is 0.556. The van der Waals surface area contributed by atoms with Crippen LogP contribution in [0.1, 0.15) is 6.42 Å². The molecule has 0 radical (unpaired) electrons. The third kappa shape index (κ3) is 8.81. The van der Waals surface area contributed by atoms with Crippen molar-refractivity contribution >= 4 is 20.0 Å². The molecule has 0 heterocycles. The van der Waals surface area contributed by atoms with E-state index in [0.29, 0.717) is 0 Å². The van der Waals surface area contributed by atoms with Gasteiger partial charge in [-0.15, -0.1) is 5.54 Å². The van der Waals surface area contributed by atoms with Gasteiger partial charge in [-0.3, -0.25) is 9.59 Å². The minimum Gasteiger partial charge on any atom is -0.481 e. The zero-order chi connectivity index (χ0) is 11.2. The summed E-state index contributed by atoms with van der Waals surface area (Å²) < 4.78 is 4.58. The van der Waals surface area contributed by atoms with E-state index >= 15 is 0 Å². The second-order valence-corrected chi connectivity index (χ2v) is 8.53. The lowest BCUT2D eigenvalue weighted by atomic mass is 10.4. The number of carbonyl (C=O) groups excluding carboxylic acids is 1. The molecule has 14 heavy (non-hydrogen) atoms. The molecular weight excluding hydrogens is 200 g/mol. The van der Waals surface area contributed by atoms with Gasteiger partial charge >= 0.3 is 11.9 Å². The van der Waals surface area contributed by atoms with Crippen molar-refractivity contribution in [2.24, 2.45) is 0 Å². The average molecular weight is 214 g/mol. The zero-order valence-corrected chi connectivity index (χ0v) is 9.59. The second kappa shape index (κ2) is 5.45. The first-order valence-corrected chi connectivity index (χ1v) is 7.69. The van der Waals surface area contributed by atoms with Gasteiger partial charge in [-0.25, -0.2) is 0 Å². The smallest absolute Gasteiger partial charge is 0.318 e. The van der Waals surface area contributed by atoms with Crippen molar-refractivity contribution in [1.82, 2.24) is 0 Å². The standard InChI is InChI=1S/C9H14O4Si/c1-14(2,3)6-4-5-13-9(12)7-8(10)11/h5,7H2,1-3H3,(H,10,11). The summed E-state index contributed by atoms with van der Waals surface area (Å²) in [5.74, 6) is 0.771. The molecule has 0 fully saturated rings. The Balaban J connectivity index is 3.78. The number of ether oxygens (including phenoxy) is 1. The van der Waals surface area contributed by atoms with Gasteiger partial charge in [-0.1, -0.05) is 25.6 Å². The van der Waals surface area contributed by atoms with E-state index in [1.165, 1.54) is 0 Å². The van der Waals surface area contributed by atoms with Crippen LogP contribution in [0.4, 0.5) is 0 Å². The number of carboxylic acid groups (broad SMARTS) is 1. The number of hydrogen-bond donors (Lipinski definition) is 1. The van der Waals surface area contributed by atoms with E-state index in [1.807, 2.05) is 0 Å². The number of rotatable bonds is 3. The van der Waals surface area contributed by atoms with Gasteiger partial charge in [0, 0.05) is 0 Å². The molecule has 0 amide bonds. The first-order chi connectivity index (χ1) is 6.31. The Labute approximate surface area is 84.3 Å². The van der Waals surface area contributed by atoms with Gasteiger partial charge in [0.05, 0.1) is 0 Å². The van der Waals surface area contributed by atoms with Crippen LogP contribution in [0.3, 0.4) is 0 Å². The zero-order valence-electron chi connectivity index (χ0n) is 8.59. The minimum atomic E-state index is -1.43. The molecule has 5 heteroatoms. The van der Waals surface area contributed by atoms with Gasteiger partial charge in [0.2, 0.25) is 0 Å². The molecule has 0 saturated carbocycles. The highest BCUT2D eigenvalue weighted by Gasteiger charge is 2.09. The normalized spacial score (nSPS) is 9.93. The van der Waals surface area contributed by atoms with E-state index in [-0.39, 0.29) is 6.61 Å². The third-order valence-electron chi connectivity index (χ3n) is 1.06. The third-order valence-corrected chi connectivity index (χ3v) is 1.99. The Kier molecular flexibility index (Phi) is 4.95. The summed E-state index contributed by atoms with van der Waals surface area (Å²) in [6.45, 7) is 6.19. The van der Waals surface area contributed by atoms with Crippen molar-refractivity contribution in [2.75, 3.05) is 6.61 Å². The van der Waals surface area contributed by atoms with Gasteiger partial charge in [0.1, 0.15) is 14.5 Å². The molecule has 0 aromatic carbocycles. The van der Waals surface area contributed by atoms with Crippen molar-refractivity contribution in [3.05, 3.63) is 0 Å². The van der Waals surface area contributed by atoms with Crippen LogP contribution in [-0.4, -0.2) is 31.7 Å². The summed E-state index contributed by atoms with van der Waals surface area (Å²) in [6.07, 6.45) is -0.603. The fourth-order valence-electron chi connectivity index (χ4n) is 0.592. The van der Waals surface area contributed by atoms with E-state index in [0.717, 1.165) is 0 Å². The molecule has 0 aliphatic carbocycles. The van der Waals surface area contributed by atoms with Gasteiger partial charge < -0.3 is 9.84 Å². The minimum absolute atomic E-state index is 0.0175. The number of hydrogen-bond acceptors (Lipinski definition) is 3. The van der Waals surface area contributed by atoms with E-state index in [2.05, 4.69) is 35.8 Å². The van der Waals surface area contributed by atoms with E-state index in [4.69, 9.17) is 5.11 Å². The lowest BCUT2D eigenvalue weighted by Gasteiger charge is -2.03. The second-order valence-electron chi connectivity index (χ2n) is 3.78. The molecular formula is C9H14O4Si. The van der Waals surface area contributed by atoms with Crippen molar-refractivity contribution in [2.45, 2.75) is 26.1 Å². The van der Waals surface area contributed by atoms with Crippen molar-refractivity contribution in [3.8, 4) is 11.5 Å². The first-order valence-electron chi connectivity index (χ1n) is 4.19. The van der Waals surface area contributed by atoms with Crippen LogP contribution in [0.15, 0.2) is 0 Å². The fourth-order valence-corrected chi connectivity index (χ4v) is 1.19. The number of aliphatic carboxylic acids is 1. The molecule has 0 aromatic rings. The average Bonchev–Trinajstić information content (AvgIpc) is 1.95. The van der Waals surface area contributed by atoms with Crippen LogP contribution in [0.5, 0.6) is 0 Å². The van der Waals surface area contributed by atoms with E-state index < -0.39 is 26.4 Å². The summed E-state index contributed by atoms with van der Waals surface area (Å²) in [7, 11) is -1.43. The van der Waals surface area contributed by atoms with Gasteiger partial charge in [-0.05, 0) is 0 Å². The summed E-state index contributed by atoms with van der Waals surface area (Å²) >= 11 is 0. The maximum Gasteiger partial charge on any atom is 0.318 e. The monoisotopic (exact) mass is 214 g/mol. The largest absolute Gasteiger partial charge is 0.481 e. The molecule has 0 spiro atoms. The van der Waals surface area contributed by atoms with Gasteiger partial charge in [-0.2, -0.15) is 0 Å². The SMILES string of the molecule is C[Si](C)(C)C#CCOC(=O)CC(=O)O. The van der Waals surface area contributed by atoms with Crippen molar-refractivity contribution in [1.29, 1.82) is 0 Å². The Bertz CT molecular complexity index is 279. The molecule has 0 bridgehead atoms. The Morgan fingerprint density at radius 2 is 1.93 bits per heavy atom. The molecule has 0 atom stereocenters. The molecule has 0 aliphatic rings. The topological polar surface area (TPSA) is 63.6 Å². The Morgan fingerprint density at radius 3 is 2.36 bits per heavy atom. The molecule has 0 saturated heterocycles.